The first kappa shape index (κ1) is 13.8. The Balaban J connectivity index is 2.51. The lowest BCUT2D eigenvalue weighted by atomic mass is 10.1. The first-order valence-corrected chi connectivity index (χ1v) is 6.23. The topological polar surface area (TPSA) is 21.3 Å². The van der Waals surface area contributed by atoms with Crippen LogP contribution in [0.15, 0.2) is 35.9 Å². The standard InChI is InChI=1S/C15H23NO/c1-5-17-15-8-6-14(7-9-15)13(4)16-11-10-12(2)3/h6-10,13,16H,5,11H2,1-4H3. The van der Waals surface area contributed by atoms with Crippen LogP contribution < -0.4 is 10.1 Å². The van der Waals surface area contributed by atoms with Gasteiger partial charge in [-0.25, -0.2) is 0 Å². The van der Waals surface area contributed by atoms with Crippen molar-refractivity contribution in [2.24, 2.45) is 0 Å². The quantitative estimate of drug-likeness (QED) is 0.756. The number of ether oxygens (including phenoxy) is 1. The zero-order chi connectivity index (χ0) is 12.7. The van der Waals surface area contributed by atoms with Crippen molar-refractivity contribution >= 4 is 0 Å². The van der Waals surface area contributed by atoms with Gasteiger partial charge in [-0.2, -0.15) is 0 Å². The Hall–Kier alpha value is -1.28. The first-order chi connectivity index (χ1) is 8.13. The van der Waals surface area contributed by atoms with Crippen LogP contribution in [0.4, 0.5) is 0 Å². The van der Waals surface area contributed by atoms with Gasteiger partial charge in [-0.05, 0) is 45.4 Å². The lowest BCUT2D eigenvalue weighted by Crippen LogP contribution is -2.18. The molecule has 1 aromatic rings. The maximum atomic E-state index is 5.42. The highest BCUT2D eigenvalue weighted by Gasteiger charge is 2.03. The molecule has 0 aliphatic carbocycles. The molecular weight excluding hydrogens is 210 g/mol. The summed E-state index contributed by atoms with van der Waals surface area (Å²) >= 11 is 0. The average Bonchev–Trinajstić information content (AvgIpc) is 2.30. The van der Waals surface area contributed by atoms with E-state index in [1.807, 2.05) is 19.1 Å². The second-order valence-electron chi connectivity index (χ2n) is 4.41. The highest BCUT2D eigenvalue weighted by molar-refractivity contribution is 5.28. The van der Waals surface area contributed by atoms with Crippen LogP contribution in [-0.2, 0) is 0 Å². The average molecular weight is 233 g/mol. The van der Waals surface area contributed by atoms with Gasteiger partial charge in [-0.3, -0.25) is 0 Å². The van der Waals surface area contributed by atoms with Crippen molar-refractivity contribution in [3.8, 4) is 5.75 Å². The van der Waals surface area contributed by atoms with Gasteiger partial charge in [0.1, 0.15) is 5.75 Å². The minimum absolute atomic E-state index is 0.362. The molecule has 1 N–H and O–H groups in total. The van der Waals surface area contributed by atoms with E-state index in [4.69, 9.17) is 4.74 Å². The molecule has 0 aliphatic heterocycles. The number of hydrogen-bond donors (Lipinski definition) is 1. The molecule has 0 saturated carbocycles. The van der Waals surface area contributed by atoms with Gasteiger partial charge in [0, 0.05) is 12.6 Å². The van der Waals surface area contributed by atoms with Gasteiger partial charge in [0.25, 0.3) is 0 Å². The molecule has 0 aromatic heterocycles. The highest BCUT2D eigenvalue weighted by atomic mass is 16.5. The van der Waals surface area contributed by atoms with Gasteiger partial charge in [0.05, 0.1) is 6.61 Å². The second kappa shape index (κ2) is 7.13. The summed E-state index contributed by atoms with van der Waals surface area (Å²) in [5.74, 6) is 0.938. The summed E-state index contributed by atoms with van der Waals surface area (Å²) in [5, 5.41) is 3.46. The van der Waals surface area contributed by atoms with Crippen LogP contribution in [-0.4, -0.2) is 13.2 Å². The van der Waals surface area contributed by atoms with E-state index in [1.54, 1.807) is 0 Å². The van der Waals surface area contributed by atoms with E-state index in [2.05, 4.69) is 44.3 Å². The Labute approximate surface area is 105 Å². The third-order valence-electron chi connectivity index (χ3n) is 2.63. The summed E-state index contributed by atoms with van der Waals surface area (Å²) in [7, 11) is 0. The highest BCUT2D eigenvalue weighted by Crippen LogP contribution is 2.17. The third kappa shape index (κ3) is 5.05. The van der Waals surface area contributed by atoms with Gasteiger partial charge in [-0.15, -0.1) is 0 Å². The van der Waals surface area contributed by atoms with E-state index in [0.717, 1.165) is 12.3 Å². The van der Waals surface area contributed by atoms with Crippen molar-refractivity contribution in [1.29, 1.82) is 0 Å². The van der Waals surface area contributed by atoms with E-state index >= 15 is 0 Å². The molecule has 0 aliphatic rings. The van der Waals surface area contributed by atoms with Crippen molar-refractivity contribution in [2.75, 3.05) is 13.2 Å². The van der Waals surface area contributed by atoms with Crippen LogP contribution in [0, 0.1) is 0 Å². The maximum absolute atomic E-state index is 5.42. The third-order valence-corrected chi connectivity index (χ3v) is 2.63. The zero-order valence-electron chi connectivity index (χ0n) is 11.3. The van der Waals surface area contributed by atoms with Gasteiger partial charge in [0.2, 0.25) is 0 Å². The zero-order valence-corrected chi connectivity index (χ0v) is 11.3. The van der Waals surface area contributed by atoms with Crippen LogP contribution >= 0.6 is 0 Å². The Morgan fingerprint density at radius 3 is 2.47 bits per heavy atom. The molecule has 1 aromatic carbocycles. The monoisotopic (exact) mass is 233 g/mol. The van der Waals surface area contributed by atoms with Gasteiger partial charge < -0.3 is 10.1 Å². The molecular formula is C15H23NO. The SMILES string of the molecule is CCOc1ccc(C(C)NCC=C(C)C)cc1. The largest absolute Gasteiger partial charge is 0.494 e. The van der Waals surface area contributed by atoms with E-state index in [1.165, 1.54) is 11.1 Å². The molecule has 2 nitrogen and oxygen atoms in total. The Bertz CT molecular complexity index is 350. The molecule has 1 unspecified atom stereocenters. The van der Waals surface area contributed by atoms with Gasteiger partial charge >= 0.3 is 0 Å². The number of nitrogens with one attached hydrogen (secondary N) is 1. The maximum Gasteiger partial charge on any atom is 0.119 e. The predicted molar refractivity (Wildman–Crippen MR) is 73.5 cm³/mol. The van der Waals surface area contributed by atoms with Crippen molar-refractivity contribution < 1.29 is 4.74 Å². The Morgan fingerprint density at radius 2 is 1.94 bits per heavy atom. The van der Waals surface area contributed by atoms with Crippen molar-refractivity contribution in [1.82, 2.24) is 5.32 Å². The lowest BCUT2D eigenvalue weighted by molar-refractivity contribution is 0.340. The minimum atomic E-state index is 0.362. The lowest BCUT2D eigenvalue weighted by Gasteiger charge is -2.13. The fourth-order valence-corrected chi connectivity index (χ4v) is 1.58. The molecule has 0 radical (unpaired) electrons. The van der Waals surface area contributed by atoms with Gasteiger partial charge in [0.15, 0.2) is 0 Å². The van der Waals surface area contributed by atoms with E-state index < -0.39 is 0 Å². The summed E-state index contributed by atoms with van der Waals surface area (Å²) in [6.45, 7) is 10.0. The molecule has 94 valence electrons. The molecule has 0 amide bonds. The Kier molecular flexibility index (Phi) is 5.78. The van der Waals surface area contributed by atoms with Crippen molar-refractivity contribution in [3.63, 3.8) is 0 Å². The molecule has 2 heteroatoms. The van der Waals surface area contributed by atoms with Gasteiger partial charge in [-0.1, -0.05) is 23.8 Å². The molecule has 1 atom stereocenters. The number of hydrogen-bond acceptors (Lipinski definition) is 2. The van der Waals surface area contributed by atoms with Crippen molar-refractivity contribution in [2.45, 2.75) is 33.7 Å². The molecule has 0 bridgehead atoms. The van der Waals surface area contributed by atoms with Crippen LogP contribution in [0.2, 0.25) is 0 Å². The summed E-state index contributed by atoms with van der Waals surface area (Å²) < 4.78 is 5.42. The number of allylic oxidation sites excluding steroid dienone is 1. The van der Waals surface area contributed by atoms with E-state index in [-0.39, 0.29) is 0 Å². The Morgan fingerprint density at radius 1 is 1.29 bits per heavy atom. The van der Waals surface area contributed by atoms with Crippen LogP contribution in [0.3, 0.4) is 0 Å². The summed E-state index contributed by atoms with van der Waals surface area (Å²) in [4.78, 5) is 0. The van der Waals surface area contributed by atoms with Crippen LogP contribution in [0.25, 0.3) is 0 Å². The van der Waals surface area contributed by atoms with E-state index in [9.17, 15) is 0 Å². The normalized spacial score (nSPS) is 12.0. The van der Waals surface area contributed by atoms with E-state index in [0.29, 0.717) is 12.6 Å². The van der Waals surface area contributed by atoms with Crippen LogP contribution in [0.1, 0.15) is 39.3 Å². The smallest absolute Gasteiger partial charge is 0.119 e. The summed E-state index contributed by atoms with van der Waals surface area (Å²) in [6.07, 6.45) is 2.20. The number of benzene rings is 1. The van der Waals surface area contributed by atoms with Crippen LogP contribution in [0.5, 0.6) is 5.75 Å². The molecule has 0 heterocycles. The number of rotatable bonds is 6. The first-order valence-electron chi connectivity index (χ1n) is 6.23. The summed E-state index contributed by atoms with van der Waals surface area (Å²) in [6, 6.07) is 8.65. The molecule has 17 heavy (non-hydrogen) atoms. The molecule has 0 fully saturated rings. The molecule has 1 rings (SSSR count). The minimum Gasteiger partial charge on any atom is -0.494 e. The molecule has 0 spiro atoms. The summed E-state index contributed by atoms with van der Waals surface area (Å²) in [5.41, 5.74) is 2.63. The molecule has 0 saturated heterocycles. The predicted octanol–water partition coefficient (Wildman–Crippen LogP) is 3.70. The van der Waals surface area contributed by atoms with Crippen molar-refractivity contribution in [3.05, 3.63) is 41.5 Å². The fraction of sp³-hybridized carbons (Fsp3) is 0.467. The second-order valence-corrected chi connectivity index (χ2v) is 4.41. The fourth-order valence-electron chi connectivity index (χ4n) is 1.58.